The van der Waals surface area contributed by atoms with Gasteiger partial charge in [0.05, 0.1) is 6.61 Å². The van der Waals surface area contributed by atoms with Crippen LogP contribution in [0.25, 0.3) is 0 Å². The van der Waals surface area contributed by atoms with Crippen molar-refractivity contribution in [2.75, 3.05) is 62.2 Å². The predicted molar refractivity (Wildman–Crippen MR) is 120 cm³/mol. The molecule has 0 radical (unpaired) electrons. The molecule has 2 aliphatic rings. The smallest absolute Gasteiger partial charge is 0.317 e. The monoisotopic (exact) mass is 402 g/mol. The number of urea groups is 1. The van der Waals surface area contributed by atoms with Crippen LogP contribution in [0.2, 0.25) is 0 Å². The molecule has 2 aliphatic heterocycles. The summed E-state index contributed by atoms with van der Waals surface area (Å²) in [6, 6.07) is 8.95. The van der Waals surface area contributed by atoms with E-state index in [-0.39, 0.29) is 12.6 Å². The summed E-state index contributed by atoms with van der Waals surface area (Å²) in [7, 11) is 0. The Bertz CT molecular complexity index is 628. The maximum atomic E-state index is 12.5. The second-order valence-electron chi connectivity index (χ2n) is 8.91. The SMILES string of the molecule is CC(C)C[C@@H]1CN(C(=O)NCCO)CCN(c2ccc(N3CCCCC3)cc2)C1. The van der Waals surface area contributed by atoms with E-state index in [1.807, 2.05) is 4.90 Å². The van der Waals surface area contributed by atoms with E-state index in [1.54, 1.807) is 0 Å². The van der Waals surface area contributed by atoms with E-state index < -0.39 is 0 Å². The van der Waals surface area contributed by atoms with Crippen molar-refractivity contribution < 1.29 is 9.90 Å². The van der Waals surface area contributed by atoms with E-state index in [9.17, 15) is 4.79 Å². The third-order valence-electron chi connectivity index (χ3n) is 6.01. The number of carbonyl (C=O) groups excluding carboxylic acids is 1. The highest BCUT2D eigenvalue weighted by Crippen LogP contribution is 2.26. The van der Waals surface area contributed by atoms with E-state index in [2.05, 4.69) is 53.2 Å². The van der Waals surface area contributed by atoms with Crippen molar-refractivity contribution in [2.24, 2.45) is 11.8 Å². The van der Waals surface area contributed by atoms with Crippen LogP contribution >= 0.6 is 0 Å². The van der Waals surface area contributed by atoms with Gasteiger partial charge >= 0.3 is 6.03 Å². The molecule has 6 nitrogen and oxygen atoms in total. The third kappa shape index (κ3) is 6.26. The average Bonchev–Trinajstić information content (AvgIpc) is 2.95. The Morgan fingerprint density at radius 1 is 1.00 bits per heavy atom. The number of anilines is 2. The third-order valence-corrected chi connectivity index (χ3v) is 6.01. The Labute approximate surface area is 175 Å². The van der Waals surface area contributed by atoms with Crippen LogP contribution in [0.5, 0.6) is 0 Å². The molecule has 2 amide bonds. The van der Waals surface area contributed by atoms with Crippen LogP contribution in [0.4, 0.5) is 16.2 Å². The van der Waals surface area contributed by atoms with Gasteiger partial charge in [-0.25, -0.2) is 4.79 Å². The number of nitrogens with zero attached hydrogens (tertiary/aromatic N) is 3. The number of nitrogens with one attached hydrogen (secondary N) is 1. The van der Waals surface area contributed by atoms with Gasteiger partial charge in [-0.1, -0.05) is 13.8 Å². The van der Waals surface area contributed by atoms with Crippen molar-refractivity contribution in [1.82, 2.24) is 10.2 Å². The van der Waals surface area contributed by atoms with Crippen molar-refractivity contribution in [2.45, 2.75) is 39.5 Å². The largest absolute Gasteiger partial charge is 0.395 e. The summed E-state index contributed by atoms with van der Waals surface area (Å²) in [6.45, 7) is 10.4. The summed E-state index contributed by atoms with van der Waals surface area (Å²) in [5, 5.41) is 11.8. The molecule has 162 valence electrons. The molecule has 1 aromatic rings. The van der Waals surface area contributed by atoms with Gasteiger partial charge in [-0.3, -0.25) is 0 Å². The number of hydrogen-bond acceptors (Lipinski definition) is 4. The van der Waals surface area contributed by atoms with Gasteiger partial charge in [0.1, 0.15) is 0 Å². The number of aliphatic hydroxyl groups is 1. The maximum absolute atomic E-state index is 12.5. The van der Waals surface area contributed by atoms with Gasteiger partial charge < -0.3 is 25.1 Å². The predicted octanol–water partition coefficient (Wildman–Crippen LogP) is 3.16. The zero-order valence-electron chi connectivity index (χ0n) is 18.1. The fourth-order valence-corrected chi connectivity index (χ4v) is 4.64. The molecule has 3 rings (SSSR count). The molecule has 0 aromatic heterocycles. The second kappa shape index (κ2) is 10.7. The van der Waals surface area contributed by atoms with Gasteiger partial charge in [0.15, 0.2) is 0 Å². The average molecular weight is 403 g/mol. The minimum absolute atomic E-state index is 0.0233. The van der Waals surface area contributed by atoms with Crippen LogP contribution < -0.4 is 15.1 Å². The number of hydrogen-bond donors (Lipinski definition) is 2. The van der Waals surface area contributed by atoms with E-state index in [4.69, 9.17) is 5.11 Å². The quantitative estimate of drug-likeness (QED) is 0.767. The molecular weight excluding hydrogens is 364 g/mol. The molecule has 2 fully saturated rings. The van der Waals surface area contributed by atoms with Gasteiger partial charge in [-0.15, -0.1) is 0 Å². The van der Waals surface area contributed by atoms with E-state index >= 15 is 0 Å². The molecule has 0 saturated carbocycles. The minimum atomic E-state index is -0.0601. The topological polar surface area (TPSA) is 59.1 Å². The molecule has 0 spiro atoms. The molecule has 6 heteroatoms. The molecule has 2 N–H and O–H groups in total. The van der Waals surface area contributed by atoms with E-state index in [0.29, 0.717) is 24.9 Å². The lowest BCUT2D eigenvalue weighted by atomic mass is 9.96. The molecule has 2 saturated heterocycles. The zero-order valence-corrected chi connectivity index (χ0v) is 18.1. The van der Waals surface area contributed by atoms with Gasteiger partial charge in [0, 0.05) is 57.2 Å². The molecule has 29 heavy (non-hydrogen) atoms. The number of amides is 2. The minimum Gasteiger partial charge on any atom is -0.395 e. The molecule has 0 aliphatic carbocycles. The van der Waals surface area contributed by atoms with Crippen molar-refractivity contribution in [3.05, 3.63) is 24.3 Å². The lowest BCUT2D eigenvalue weighted by Crippen LogP contribution is -2.44. The van der Waals surface area contributed by atoms with Gasteiger partial charge in [0.25, 0.3) is 0 Å². The fraction of sp³-hybridized carbons (Fsp3) is 0.696. The van der Waals surface area contributed by atoms with Crippen LogP contribution in [0.3, 0.4) is 0 Å². The number of aliphatic hydroxyl groups excluding tert-OH is 1. The van der Waals surface area contributed by atoms with Crippen molar-refractivity contribution in [1.29, 1.82) is 0 Å². The van der Waals surface area contributed by atoms with Crippen LogP contribution in [-0.4, -0.2) is 68.5 Å². The van der Waals surface area contributed by atoms with Gasteiger partial charge in [-0.05, 0) is 61.8 Å². The maximum Gasteiger partial charge on any atom is 0.317 e. The Morgan fingerprint density at radius 2 is 1.66 bits per heavy atom. The lowest BCUT2D eigenvalue weighted by molar-refractivity contribution is 0.187. The summed E-state index contributed by atoms with van der Waals surface area (Å²) >= 11 is 0. The summed E-state index contributed by atoms with van der Waals surface area (Å²) < 4.78 is 0. The van der Waals surface area contributed by atoms with E-state index in [1.165, 1.54) is 30.6 Å². The Balaban J connectivity index is 1.68. The van der Waals surface area contributed by atoms with Crippen LogP contribution in [0, 0.1) is 11.8 Å². The van der Waals surface area contributed by atoms with Gasteiger partial charge in [0.2, 0.25) is 0 Å². The summed E-state index contributed by atoms with van der Waals surface area (Å²) in [6.07, 6.45) is 5.03. The highest BCUT2D eigenvalue weighted by Gasteiger charge is 2.26. The normalized spacial score (nSPS) is 20.7. The van der Waals surface area contributed by atoms with Crippen molar-refractivity contribution >= 4 is 17.4 Å². The first-order valence-corrected chi connectivity index (χ1v) is 11.3. The molecular formula is C23H38N4O2. The Kier molecular flexibility index (Phi) is 8.04. The van der Waals surface area contributed by atoms with E-state index in [0.717, 1.165) is 39.1 Å². The fourth-order valence-electron chi connectivity index (χ4n) is 4.64. The second-order valence-corrected chi connectivity index (χ2v) is 8.91. The lowest BCUT2D eigenvalue weighted by Gasteiger charge is -2.30. The first-order valence-electron chi connectivity index (χ1n) is 11.3. The van der Waals surface area contributed by atoms with Crippen molar-refractivity contribution in [3.8, 4) is 0 Å². The summed E-state index contributed by atoms with van der Waals surface area (Å²) in [4.78, 5) is 19.3. The zero-order chi connectivity index (χ0) is 20.6. The first kappa shape index (κ1) is 21.8. The van der Waals surface area contributed by atoms with Crippen LogP contribution in [-0.2, 0) is 0 Å². The molecule has 1 aromatic carbocycles. The standard InChI is InChI=1S/C23H38N4O2/c1-19(2)16-20-17-26(13-14-27(18-20)23(29)24-10-15-28)22-8-6-21(7-9-22)25-11-4-3-5-12-25/h6-9,19-20,28H,3-5,10-18H2,1-2H3,(H,24,29)/t20-/m0/s1. The molecule has 2 heterocycles. The highest BCUT2D eigenvalue weighted by molar-refractivity contribution is 5.74. The number of rotatable bonds is 6. The number of piperidine rings is 1. The number of carbonyl (C=O) groups is 1. The molecule has 0 unspecified atom stereocenters. The molecule has 1 atom stereocenters. The summed E-state index contributed by atoms with van der Waals surface area (Å²) in [5.41, 5.74) is 2.57. The number of benzene rings is 1. The van der Waals surface area contributed by atoms with Crippen LogP contribution in [0.15, 0.2) is 24.3 Å². The van der Waals surface area contributed by atoms with Crippen molar-refractivity contribution in [3.63, 3.8) is 0 Å². The van der Waals surface area contributed by atoms with Crippen LogP contribution in [0.1, 0.15) is 39.5 Å². The molecule has 0 bridgehead atoms. The first-order chi connectivity index (χ1) is 14.1. The summed E-state index contributed by atoms with van der Waals surface area (Å²) in [5.74, 6) is 1.04. The Morgan fingerprint density at radius 3 is 2.28 bits per heavy atom. The Hall–Kier alpha value is -1.95. The van der Waals surface area contributed by atoms with Gasteiger partial charge in [-0.2, -0.15) is 0 Å². The highest BCUT2D eigenvalue weighted by atomic mass is 16.3.